The summed E-state index contributed by atoms with van der Waals surface area (Å²) in [4.78, 5) is 2.36. The molecule has 0 spiro atoms. The van der Waals surface area contributed by atoms with E-state index in [2.05, 4.69) is 22.3 Å². The number of anilines is 2. The highest BCUT2D eigenvalue weighted by Crippen LogP contribution is 2.35. The van der Waals surface area contributed by atoms with Crippen molar-refractivity contribution in [1.82, 2.24) is 0 Å². The van der Waals surface area contributed by atoms with Gasteiger partial charge in [-0.15, -0.1) is 0 Å². The molecule has 0 aliphatic carbocycles. The van der Waals surface area contributed by atoms with Crippen LogP contribution in [-0.2, 0) is 13.2 Å². The molecule has 4 nitrogen and oxygen atoms in total. The number of ether oxygens (including phenoxy) is 2. The summed E-state index contributed by atoms with van der Waals surface area (Å²) in [7, 11) is 0. The third-order valence-electron chi connectivity index (χ3n) is 5.82. The van der Waals surface area contributed by atoms with E-state index in [-0.39, 0.29) is 0 Å². The SMILES string of the molecule is CCOc1cc(CNc2ccc(N3CCCCC3)c(Cl)c2)c(Cl)cc1OCc1cccc(Cl)c1. The lowest BCUT2D eigenvalue weighted by atomic mass is 10.1. The summed E-state index contributed by atoms with van der Waals surface area (Å²) in [5, 5.41) is 5.47. The second-order valence-corrected chi connectivity index (χ2v) is 9.56. The number of rotatable bonds is 9. The summed E-state index contributed by atoms with van der Waals surface area (Å²) in [6, 6.07) is 17.5. The fourth-order valence-electron chi connectivity index (χ4n) is 4.09. The smallest absolute Gasteiger partial charge is 0.163 e. The number of benzene rings is 3. The number of nitrogens with one attached hydrogen (secondary N) is 1. The number of hydrogen-bond donors (Lipinski definition) is 1. The second-order valence-electron chi connectivity index (χ2n) is 8.31. The zero-order valence-electron chi connectivity index (χ0n) is 19.3. The number of nitrogens with zero attached hydrogens (tertiary/aromatic N) is 1. The third kappa shape index (κ3) is 6.44. The van der Waals surface area contributed by atoms with Crippen molar-refractivity contribution in [3.05, 3.63) is 80.8 Å². The highest BCUT2D eigenvalue weighted by atomic mass is 35.5. The van der Waals surface area contributed by atoms with Gasteiger partial charge in [-0.25, -0.2) is 0 Å². The highest BCUT2D eigenvalue weighted by Gasteiger charge is 2.15. The molecule has 0 unspecified atom stereocenters. The maximum atomic E-state index is 6.61. The van der Waals surface area contributed by atoms with Crippen LogP contribution < -0.4 is 19.7 Å². The number of hydrogen-bond acceptors (Lipinski definition) is 4. The van der Waals surface area contributed by atoms with E-state index in [0.29, 0.717) is 41.3 Å². The summed E-state index contributed by atoms with van der Waals surface area (Å²) < 4.78 is 11.8. The second kappa shape index (κ2) is 11.9. The van der Waals surface area contributed by atoms with E-state index in [1.807, 2.05) is 43.3 Å². The first-order valence-corrected chi connectivity index (χ1v) is 12.8. The quantitative estimate of drug-likeness (QED) is 0.309. The first kappa shape index (κ1) is 24.8. The van der Waals surface area contributed by atoms with Crippen molar-refractivity contribution in [2.75, 3.05) is 29.9 Å². The Labute approximate surface area is 216 Å². The fraction of sp³-hybridized carbons (Fsp3) is 0.333. The monoisotopic (exact) mass is 518 g/mol. The third-order valence-corrected chi connectivity index (χ3v) is 6.71. The minimum absolute atomic E-state index is 0.371. The van der Waals surface area contributed by atoms with Gasteiger partial charge in [0.25, 0.3) is 0 Å². The first-order valence-electron chi connectivity index (χ1n) is 11.6. The predicted molar refractivity (Wildman–Crippen MR) is 143 cm³/mol. The van der Waals surface area contributed by atoms with Crippen LogP contribution in [0.25, 0.3) is 0 Å². The van der Waals surface area contributed by atoms with Crippen LogP contribution in [0.5, 0.6) is 11.5 Å². The molecule has 3 aromatic carbocycles. The molecular formula is C27H29Cl3N2O2. The lowest BCUT2D eigenvalue weighted by Crippen LogP contribution is -2.29. The zero-order chi connectivity index (χ0) is 23.9. The Balaban J connectivity index is 1.44. The molecule has 1 saturated heterocycles. The van der Waals surface area contributed by atoms with Crippen molar-refractivity contribution in [1.29, 1.82) is 0 Å². The van der Waals surface area contributed by atoms with Gasteiger partial charge in [0.15, 0.2) is 11.5 Å². The Bertz CT molecular complexity index is 1120. The molecular weight excluding hydrogens is 491 g/mol. The summed E-state index contributed by atoms with van der Waals surface area (Å²) in [5.41, 5.74) is 3.93. The van der Waals surface area contributed by atoms with Crippen LogP contribution in [0.1, 0.15) is 37.3 Å². The molecule has 0 radical (unpaired) electrons. The van der Waals surface area contributed by atoms with Crippen molar-refractivity contribution in [2.24, 2.45) is 0 Å². The van der Waals surface area contributed by atoms with Crippen LogP contribution >= 0.6 is 34.8 Å². The molecule has 1 heterocycles. The van der Waals surface area contributed by atoms with Crippen molar-refractivity contribution >= 4 is 46.2 Å². The van der Waals surface area contributed by atoms with E-state index in [1.165, 1.54) is 19.3 Å². The predicted octanol–water partition coefficient (Wildman–Crippen LogP) is 8.23. The summed E-state index contributed by atoms with van der Waals surface area (Å²) in [6.45, 7) is 5.50. The van der Waals surface area contributed by atoms with Gasteiger partial charge in [-0.1, -0.05) is 46.9 Å². The average molecular weight is 520 g/mol. The van der Waals surface area contributed by atoms with Gasteiger partial charge in [-0.05, 0) is 73.7 Å². The van der Waals surface area contributed by atoms with Crippen molar-refractivity contribution < 1.29 is 9.47 Å². The van der Waals surface area contributed by atoms with Crippen LogP contribution in [0.2, 0.25) is 15.1 Å². The minimum Gasteiger partial charge on any atom is -0.490 e. The van der Waals surface area contributed by atoms with Crippen LogP contribution in [0.15, 0.2) is 54.6 Å². The molecule has 1 N–H and O–H groups in total. The van der Waals surface area contributed by atoms with Crippen LogP contribution in [0.4, 0.5) is 11.4 Å². The normalized spacial score (nSPS) is 13.6. The Kier molecular flexibility index (Phi) is 8.71. The number of piperidine rings is 1. The highest BCUT2D eigenvalue weighted by molar-refractivity contribution is 6.33. The molecule has 0 aromatic heterocycles. The molecule has 1 aliphatic heterocycles. The van der Waals surface area contributed by atoms with Gasteiger partial charge in [-0.3, -0.25) is 0 Å². The van der Waals surface area contributed by atoms with Gasteiger partial charge in [0.2, 0.25) is 0 Å². The van der Waals surface area contributed by atoms with Crippen molar-refractivity contribution in [3.63, 3.8) is 0 Å². The Morgan fingerprint density at radius 1 is 0.853 bits per heavy atom. The zero-order valence-corrected chi connectivity index (χ0v) is 21.5. The number of halogens is 3. The average Bonchev–Trinajstić information content (AvgIpc) is 2.84. The molecule has 1 fully saturated rings. The summed E-state index contributed by atoms with van der Waals surface area (Å²) in [5.74, 6) is 1.26. The molecule has 0 atom stereocenters. The maximum Gasteiger partial charge on any atom is 0.163 e. The molecule has 0 bridgehead atoms. The molecule has 180 valence electrons. The molecule has 4 rings (SSSR count). The molecule has 34 heavy (non-hydrogen) atoms. The van der Waals surface area contributed by atoms with Crippen molar-refractivity contribution in [3.8, 4) is 11.5 Å². The van der Waals surface area contributed by atoms with Gasteiger partial charge in [-0.2, -0.15) is 0 Å². The van der Waals surface area contributed by atoms with Crippen molar-refractivity contribution in [2.45, 2.75) is 39.3 Å². The summed E-state index contributed by atoms with van der Waals surface area (Å²) >= 11 is 19.3. The fourth-order valence-corrected chi connectivity index (χ4v) is 4.82. The van der Waals surface area contributed by atoms with Gasteiger partial charge < -0.3 is 19.7 Å². The van der Waals surface area contributed by atoms with Gasteiger partial charge >= 0.3 is 0 Å². The van der Waals surface area contributed by atoms with E-state index in [1.54, 1.807) is 6.07 Å². The van der Waals surface area contributed by atoms with E-state index in [4.69, 9.17) is 44.3 Å². The molecule has 0 amide bonds. The van der Waals surface area contributed by atoms with Crippen LogP contribution in [-0.4, -0.2) is 19.7 Å². The first-order chi connectivity index (χ1) is 16.5. The molecule has 7 heteroatoms. The van der Waals surface area contributed by atoms with E-state index < -0.39 is 0 Å². The Morgan fingerprint density at radius 3 is 2.38 bits per heavy atom. The summed E-state index contributed by atoms with van der Waals surface area (Å²) in [6.07, 6.45) is 3.73. The van der Waals surface area contributed by atoms with Gasteiger partial charge in [0.1, 0.15) is 6.61 Å². The van der Waals surface area contributed by atoms with E-state index in [9.17, 15) is 0 Å². The minimum atomic E-state index is 0.371. The van der Waals surface area contributed by atoms with Crippen LogP contribution in [0.3, 0.4) is 0 Å². The lowest BCUT2D eigenvalue weighted by molar-refractivity contribution is 0.269. The van der Waals surface area contributed by atoms with E-state index in [0.717, 1.165) is 40.6 Å². The Hall–Kier alpha value is -2.27. The lowest BCUT2D eigenvalue weighted by Gasteiger charge is -2.29. The Morgan fingerprint density at radius 2 is 1.65 bits per heavy atom. The maximum absolute atomic E-state index is 6.61. The topological polar surface area (TPSA) is 33.7 Å². The standard InChI is InChI=1S/C27H29Cl3N2O2/c1-2-33-26-14-20(23(29)16-27(26)34-18-19-7-6-8-21(28)13-19)17-31-22-9-10-25(24(30)15-22)32-11-4-3-5-12-32/h6-10,13-16,31H,2-5,11-12,17-18H2,1H3. The van der Waals surface area contributed by atoms with Crippen LogP contribution in [0, 0.1) is 0 Å². The largest absolute Gasteiger partial charge is 0.490 e. The molecule has 3 aromatic rings. The van der Waals surface area contributed by atoms with Gasteiger partial charge in [0, 0.05) is 41.4 Å². The molecule has 1 aliphatic rings. The van der Waals surface area contributed by atoms with E-state index >= 15 is 0 Å². The molecule has 0 saturated carbocycles. The van der Waals surface area contributed by atoms with Gasteiger partial charge in [0.05, 0.1) is 17.3 Å².